The fourth-order valence-corrected chi connectivity index (χ4v) is 2.65. The highest BCUT2D eigenvalue weighted by atomic mass is 16.6. The fraction of sp³-hybridized carbons (Fsp3) is 0.167. The summed E-state index contributed by atoms with van der Waals surface area (Å²) in [7, 11) is 0. The quantitative estimate of drug-likeness (QED) is 0.419. The lowest BCUT2D eigenvalue weighted by Crippen LogP contribution is -2.19. The number of non-ortho nitro benzene ring substituents is 1. The van der Waals surface area contributed by atoms with Crippen LogP contribution in [0.25, 0.3) is 11.0 Å². The number of phenolic OH excluding ortho intramolecular Hbond substituents is 1. The minimum atomic E-state index is -0.502. The molecule has 3 aromatic rings. The van der Waals surface area contributed by atoms with E-state index in [9.17, 15) is 20.0 Å². The highest BCUT2D eigenvalue weighted by Crippen LogP contribution is 2.23. The molecule has 0 fully saturated rings. The van der Waals surface area contributed by atoms with Gasteiger partial charge in [0.25, 0.3) is 5.69 Å². The molecule has 1 aromatic heterocycles. The molecule has 0 aliphatic heterocycles. The molecule has 2 aromatic carbocycles. The smallest absolute Gasteiger partial charge is 0.336 e. The Morgan fingerprint density at radius 2 is 2.04 bits per heavy atom. The van der Waals surface area contributed by atoms with Gasteiger partial charge in [-0.15, -0.1) is 0 Å². The van der Waals surface area contributed by atoms with Crippen molar-refractivity contribution in [1.29, 1.82) is 0 Å². The van der Waals surface area contributed by atoms with Crippen molar-refractivity contribution >= 4 is 16.7 Å². The van der Waals surface area contributed by atoms with Crippen molar-refractivity contribution in [3.05, 3.63) is 80.2 Å². The minimum Gasteiger partial charge on any atom is -0.508 e. The van der Waals surface area contributed by atoms with Gasteiger partial charge >= 0.3 is 5.63 Å². The molecule has 3 rings (SSSR count). The molecule has 0 saturated carbocycles. The fourth-order valence-electron chi connectivity index (χ4n) is 2.65. The second-order valence-electron chi connectivity index (χ2n) is 5.73. The van der Waals surface area contributed by atoms with E-state index in [2.05, 4.69) is 5.32 Å². The van der Waals surface area contributed by atoms with E-state index >= 15 is 0 Å². The van der Waals surface area contributed by atoms with Crippen molar-refractivity contribution in [3.8, 4) is 5.75 Å². The van der Waals surface area contributed by atoms with E-state index in [1.807, 2.05) is 6.92 Å². The van der Waals surface area contributed by atoms with Crippen LogP contribution >= 0.6 is 0 Å². The molecule has 0 saturated heterocycles. The van der Waals surface area contributed by atoms with Crippen LogP contribution in [0.1, 0.15) is 24.1 Å². The predicted molar refractivity (Wildman–Crippen MR) is 92.5 cm³/mol. The molecule has 1 heterocycles. The second-order valence-corrected chi connectivity index (χ2v) is 5.73. The lowest BCUT2D eigenvalue weighted by atomic mass is 10.1. The van der Waals surface area contributed by atoms with Gasteiger partial charge in [0.1, 0.15) is 11.3 Å². The van der Waals surface area contributed by atoms with E-state index in [1.165, 1.54) is 30.3 Å². The van der Waals surface area contributed by atoms with E-state index in [0.29, 0.717) is 12.1 Å². The average molecular weight is 340 g/mol. The van der Waals surface area contributed by atoms with Gasteiger partial charge in [-0.05, 0) is 30.2 Å². The summed E-state index contributed by atoms with van der Waals surface area (Å²) in [6.45, 7) is 2.26. The van der Waals surface area contributed by atoms with Gasteiger partial charge in [-0.2, -0.15) is 0 Å². The summed E-state index contributed by atoms with van der Waals surface area (Å²) < 4.78 is 5.10. The molecule has 0 radical (unpaired) electrons. The molecule has 0 bridgehead atoms. The molecule has 0 unspecified atom stereocenters. The maximum Gasteiger partial charge on any atom is 0.336 e. The Labute approximate surface area is 142 Å². The highest BCUT2D eigenvalue weighted by Gasteiger charge is 2.12. The van der Waals surface area contributed by atoms with Crippen molar-refractivity contribution < 1.29 is 14.4 Å². The number of rotatable bonds is 5. The summed E-state index contributed by atoms with van der Waals surface area (Å²) in [6, 6.07) is 12.3. The van der Waals surface area contributed by atoms with E-state index < -0.39 is 10.5 Å². The van der Waals surface area contributed by atoms with Gasteiger partial charge in [0.2, 0.25) is 0 Å². The van der Waals surface area contributed by atoms with E-state index in [1.54, 1.807) is 18.2 Å². The molecule has 25 heavy (non-hydrogen) atoms. The molecule has 2 N–H and O–H groups in total. The Balaban J connectivity index is 1.84. The summed E-state index contributed by atoms with van der Waals surface area (Å²) >= 11 is 0. The molecule has 1 atom stereocenters. The monoisotopic (exact) mass is 340 g/mol. The third-order valence-corrected chi connectivity index (χ3v) is 3.99. The summed E-state index contributed by atoms with van der Waals surface area (Å²) in [5.41, 5.74) is 1.35. The van der Waals surface area contributed by atoms with Crippen molar-refractivity contribution in [2.75, 3.05) is 0 Å². The summed E-state index contributed by atoms with van der Waals surface area (Å²) in [5.74, 6) is 0.0192. The number of nitro groups is 1. The maximum atomic E-state index is 11.7. The number of nitro benzene ring substituents is 1. The minimum absolute atomic E-state index is 0.0192. The molecule has 7 heteroatoms. The second kappa shape index (κ2) is 6.74. The van der Waals surface area contributed by atoms with Crippen LogP contribution in [0.5, 0.6) is 5.75 Å². The Morgan fingerprint density at radius 1 is 1.24 bits per heavy atom. The number of fused-ring (bicyclic) bond motifs is 1. The topological polar surface area (TPSA) is 106 Å². The van der Waals surface area contributed by atoms with Crippen LogP contribution in [-0.2, 0) is 6.54 Å². The van der Waals surface area contributed by atoms with Crippen LogP contribution in [0.3, 0.4) is 0 Å². The Hall–Kier alpha value is -3.19. The van der Waals surface area contributed by atoms with Crippen molar-refractivity contribution in [2.45, 2.75) is 19.5 Å². The van der Waals surface area contributed by atoms with Crippen LogP contribution in [0.2, 0.25) is 0 Å². The Kier molecular flexibility index (Phi) is 4.49. The van der Waals surface area contributed by atoms with E-state index in [0.717, 1.165) is 16.5 Å². The van der Waals surface area contributed by atoms with Gasteiger partial charge in [-0.25, -0.2) is 4.79 Å². The van der Waals surface area contributed by atoms with Crippen LogP contribution < -0.4 is 10.9 Å². The van der Waals surface area contributed by atoms with Crippen LogP contribution in [0, 0.1) is 10.1 Å². The highest BCUT2D eigenvalue weighted by molar-refractivity contribution is 5.81. The number of aromatic hydroxyl groups is 1. The molecular weight excluding hydrogens is 324 g/mol. The number of hydrogen-bond donors (Lipinski definition) is 2. The lowest BCUT2D eigenvalue weighted by Gasteiger charge is -2.15. The number of phenols is 1. The normalized spacial score (nSPS) is 12.2. The van der Waals surface area contributed by atoms with Crippen molar-refractivity contribution in [1.82, 2.24) is 5.32 Å². The van der Waals surface area contributed by atoms with Crippen LogP contribution in [0.4, 0.5) is 5.69 Å². The maximum absolute atomic E-state index is 11.7. The molecular formula is C18H16N2O5. The molecule has 0 aliphatic rings. The van der Waals surface area contributed by atoms with Gasteiger partial charge in [0.15, 0.2) is 0 Å². The largest absolute Gasteiger partial charge is 0.508 e. The third kappa shape index (κ3) is 3.67. The van der Waals surface area contributed by atoms with Gasteiger partial charge in [0.05, 0.1) is 4.92 Å². The lowest BCUT2D eigenvalue weighted by molar-refractivity contribution is -0.384. The summed E-state index contributed by atoms with van der Waals surface area (Å²) in [6.07, 6.45) is 0. The molecule has 0 spiro atoms. The number of benzene rings is 2. The number of nitrogens with zero attached hydrogens (tertiary/aromatic N) is 1. The van der Waals surface area contributed by atoms with Gasteiger partial charge in [0, 0.05) is 42.2 Å². The van der Waals surface area contributed by atoms with E-state index in [4.69, 9.17) is 4.42 Å². The van der Waals surface area contributed by atoms with Crippen molar-refractivity contribution in [2.24, 2.45) is 0 Å². The predicted octanol–water partition coefficient (Wildman–Crippen LogP) is 3.26. The molecule has 128 valence electrons. The zero-order valence-electron chi connectivity index (χ0n) is 13.4. The van der Waals surface area contributed by atoms with Crippen LogP contribution in [0.15, 0.2) is 57.7 Å². The summed E-state index contributed by atoms with van der Waals surface area (Å²) in [5, 5.41) is 24.4. The number of nitrogens with one attached hydrogen (secondary N) is 1. The zero-order valence-corrected chi connectivity index (χ0v) is 13.4. The molecule has 7 nitrogen and oxygen atoms in total. The van der Waals surface area contributed by atoms with Crippen LogP contribution in [-0.4, -0.2) is 10.0 Å². The first-order valence-corrected chi connectivity index (χ1v) is 7.67. The average Bonchev–Trinajstić information content (AvgIpc) is 2.58. The van der Waals surface area contributed by atoms with Crippen molar-refractivity contribution in [3.63, 3.8) is 0 Å². The van der Waals surface area contributed by atoms with E-state index in [-0.39, 0.29) is 17.5 Å². The standard InChI is InChI=1S/C18H16N2O5/c1-11(12-3-2-4-14(7-12)20(23)24)19-10-13-8-18(22)25-17-9-15(21)5-6-16(13)17/h2-9,11,19,21H,10H2,1H3/t11-/m0/s1. The molecule has 0 aliphatic carbocycles. The SMILES string of the molecule is C[C@H](NCc1cc(=O)oc2cc(O)ccc12)c1cccc([N+](=O)[O-])c1. The first kappa shape index (κ1) is 16.7. The first-order valence-electron chi connectivity index (χ1n) is 7.67. The molecule has 0 amide bonds. The Bertz CT molecular complexity index is 996. The zero-order chi connectivity index (χ0) is 18.0. The van der Waals surface area contributed by atoms with Gasteiger partial charge in [-0.3, -0.25) is 10.1 Å². The third-order valence-electron chi connectivity index (χ3n) is 3.99. The van der Waals surface area contributed by atoms with Gasteiger partial charge in [-0.1, -0.05) is 12.1 Å². The number of hydrogen-bond acceptors (Lipinski definition) is 6. The Morgan fingerprint density at radius 3 is 2.80 bits per heavy atom. The first-order chi connectivity index (χ1) is 11.9. The summed E-state index contributed by atoms with van der Waals surface area (Å²) in [4.78, 5) is 22.2. The van der Waals surface area contributed by atoms with Gasteiger partial charge < -0.3 is 14.8 Å².